The van der Waals surface area contributed by atoms with Crippen molar-refractivity contribution in [2.45, 2.75) is 6.92 Å². The predicted molar refractivity (Wildman–Crippen MR) is 77.6 cm³/mol. The summed E-state index contributed by atoms with van der Waals surface area (Å²) < 4.78 is 10.8. The average molecular weight is 293 g/mol. The van der Waals surface area contributed by atoms with Gasteiger partial charge in [-0.3, -0.25) is 14.9 Å². The fourth-order valence-corrected chi connectivity index (χ4v) is 1.88. The maximum Gasteiger partial charge on any atom is 0.238 e. The Kier molecular flexibility index (Phi) is 5.39. The average Bonchev–Trinajstić information content (AvgIpc) is 2.47. The molecular formula is C14H19N3O4. The summed E-state index contributed by atoms with van der Waals surface area (Å²) in [7, 11) is 0. The zero-order valence-electron chi connectivity index (χ0n) is 11.9. The van der Waals surface area contributed by atoms with E-state index in [0.29, 0.717) is 36.9 Å². The van der Waals surface area contributed by atoms with Gasteiger partial charge >= 0.3 is 0 Å². The summed E-state index contributed by atoms with van der Waals surface area (Å²) in [5, 5.41) is 8.14. The summed E-state index contributed by atoms with van der Waals surface area (Å²) in [6, 6.07) is 5.22. The van der Waals surface area contributed by atoms with Crippen LogP contribution in [0.25, 0.3) is 0 Å². The zero-order chi connectivity index (χ0) is 15.1. The Hall–Kier alpha value is -2.28. The van der Waals surface area contributed by atoms with Gasteiger partial charge in [-0.05, 0) is 19.1 Å². The van der Waals surface area contributed by atoms with Crippen LogP contribution in [0.4, 0.5) is 5.69 Å². The topological polar surface area (TPSA) is 88.7 Å². The molecule has 0 saturated heterocycles. The first kappa shape index (κ1) is 15.1. The van der Waals surface area contributed by atoms with Gasteiger partial charge in [0.1, 0.15) is 13.2 Å². The molecule has 0 unspecified atom stereocenters. The number of ether oxygens (including phenoxy) is 2. The molecule has 3 N–H and O–H groups in total. The highest BCUT2D eigenvalue weighted by Gasteiger charge is 2.12. The van der Waals surface area contributed by atoms with Gasteiger partial charge in [0.25, 0.3) is 0 Å². The van der Waals surface area contributed by atoms with Crippen molar-refractivity contribution >= 4 is 17.5 Å². The Balaban J connectivity index is 1.78. The summed E-state index contributed by atoms with van der Waals surface area (Å²) in [6.07, 6.45) is 0. The molecule has 21 heavy (non-hydrogen) atoms. The van der Waals surface area contributed by atoms with Crippen LogP contribution in [0.15, 0.2) is 18.2 Å². The van der Waals surface area contributed by atoms with E-state index in [1.54, 1.807) is 18.2 Å². The Labute approximate surface area is 123 Å². The summed E-state index contributed by atoms with van der Waals surface area (Å²) in [5.74, 6) is 0.934. The Morgan fingerprint density at radius 3 is 2.57 bits per heavy atom. The Morgan fingerprint density at radius 2 is 1.81 bits per heavy atom. The van der Waals surface area contributed by atoms with Crippen molar-refractivity contribution in [3.05, 3.63) is 18.2 Å². The molecule has 0 radical (unpaired) electrons. The van der Waals surface area contributed by atoms with E-state index in [0.717, 1.165) is 0 Å². The second kappa shape index (κ2) is 7.49. The summed E-state index contributed by atoms with van der Waals surface area (Å²) in [5.41, 5.74) is 0.629. The second-order valence-corrected chi connectivity index (χ2v) is 4.46. The van der Waals surface area contributed by atoms with E-state index in [9.17, 15) is 9.59 Å². The number of carbonyl (C=O) groups excluding carboxylic acids is 2. The van der Waals surface area contributed by atoms with Crippen LogP contribution < -0.4 is 25.4 Å². The number of rotatable bonds is 6. The third-order valence-corrected chi connectivity index (χ3v) is 2.77. The lowest BCUT2D eigenvalue weighted by atomic mass is 10.2. The first-order valence-electron chi connectivity index (χ1n) is 6.86. The highest BCUT2D eigenvalue weighted by molar-refractivity contribution is 5.93. The van der Waals surface area contributed by atoms with Gasteiger partial charge in [-0.15, -0.1) is 0 Å². The number of hydrogen-bond donors (Lipinski definition) is 3. The summed E-state index contributed by atoms with van der Waals surface area (Å²) >= 11 is 0. The standard InChI is InChI=1S/C14H19N3O4/c1-2-16-13(18)8-15-9-14(19)17-10-3-4-11-12(7-10)21-6-5-20-11/h3-4,7,15H,2,5-6,8-9H2,1H3,(H,16,18)(H,17,19). The van der Waals surface area contributed by atoms with Crippen molar-refractivity contribution in [3.63, 3.8) is 0 Å². The molecule has 0 spiro atoms. The monoisotopic (exact) mass is 293 g/mol. The smallest absolute Gasteiger partial charge is 0.238 e. The minimum absolute atomic E-state index is 0.0611. The van der Waals surface area contributed by atoms with Gasteiger partial charge in [0.2, 0.25) is 11.8 Å². The lowest BCUT2D eigenvalue weighted by molar-refractivity contribution is -0.120. The van der Waals surface area contributed by atoms with E-state index >= 15 is 0 Å². The fraction of sp³-hybridized carbons (Fsp3) is 0.429. The van der Waals surface area contributed by atoms with Crippen molar-refractivity contribution in [1.82, 2.24) is 10.6 Å². The third-order valence-electron chi connectivity index (χ3n) is 2.77. The van der Waals surface area contributed by atoms with Gasteiger partial charge in [-0.25, -0.2) is 0 Å². The quantitative estimate of drug-likeness (QED) is 0.693. The number of hydrogen-bond acceptors (Lipinski definition) is 5. The number of carbonyl (C=O) groups is 2. The van der Waals surface area contributed by atoms with Crippen LogP contribution in [-0.2, 0) is 9.59 Å². The van der Waals surface area contributed by atoms with Crippen LogP contribution in [-0.4, -0.2) is 44.7 Å². The van der Waals surface area contributed by atoms with Crippen LogP contribution in [0.5, 0.6) is 11.5 Å². The van der Waals surface area contributed by atoms with Crippen LogP contribution in [0, 0.1) is 0 Å². The number of benzene rings is 1. The first-order chi connectivity index (χ1) is 10.2. The lowest BCUT2D eigenvalue weighted by Crippen LogP contribution is -2.37. The molecule has 0 atom stereocenters. The van der Waals surface area contributed by atoms with Crippen molar-refractivity contribution in [3.8, 4) is 11.5 Å². The summed E-state index contributed by atoms with van der Waals surface area (Å²) in [6.45, 7) is 3.62. The normalized spacial score (nSPS) is 12.6. The predicted octanol–water partition coefficient (Wildman–Crippen LogP) is 0.122. The second-order valence-electron chi connectivity index (χ2n) is 4.46. The van der Waals surface area contributed by atoms with Crippen molar-refractivity contribution in [2.75, 3.05) is 38.2 Å². The fourth-order valence-electron chi connectivity index (χ4n) is 1.88. The van der Waals surface area contributed by atoms with E-state index in [-0.39, 0.29) is 24.9 Å². The molecule has 7 nitrogen and oxygen atoms in total. The number of fused-ring (bicyclic) bond motifs is 1. The van der Waals surface area contributed by atoms with E-state index in [1.165, 1.54) is 0 Å². The molecule has 0 fully saturated rings. The molecule has 7 heteroatoms. The van der Waals surface area contributed by atoms with Crippen LogP contribution >= 0.6 is 0 Å². The molecule has 1 aromatic rings. The molecule has 2 rings (SSSR count). The molecule has 0 bridgehead atoms. The van der Waals surface area contributed by atoms with Gasteiger partial charge in [0.15, 0.2) is 11.5 Å². The first-order valence-corrected chi connectivity index (χ1v) is 6.86. The van der Waals surface area contributed by atoms with E-state index in [2.05, 4.69) is 16.0 Å². The van der Waals surface area contributed by atoms with Crippen molar-refractivity contribution in [1.29, 1.82) is 0 Å². The highest BCUT2D eigenvalue weighted by Crippen LogP contribution is 2.32. The van der Waals surface area contributed by atoms with Gasteiger partial charge < -0.3 is 20.1 Å². The number of nitrogens with one attached hydrogen (secondary N) is 3. The van der Waals surface area contributed by atoms with Crippen LogP contribution in [0.2, 0.25) is 0 Å². The molecular weight excluding hydrogens is 274 g/mol. The van der Waals surface area contributed by atoms with Crippen LogP contribution in [0.1, 0.15) is 6.92 Å². The maximum absolute atomic E-state index is 11.7. The largest absolute Gasteiger partial charge is 0.486 e. The minimum atomic E-state index is -0.226. The third kappa shape index (κ3) is 4.64. The summed E-state index contributed by atoms with van der Waals surface area (Å²) in [4.78, 5) is 23.0. The van der Waals surface area contributed by atoms with E-state index < -0.39 is 0 Å². The van der Waals surface area contributed by atoms with Gasteiger partial charge in [-0.1, -0.05) is 0 Å². The highest BCUT2D eigenvalue weighted by atomic mass is 16.6. The molecule has 2 amide bonds. The van der Waals surface area contributed by atoms with Crippen LogP contribution in [0.3, 0.4) is 0 Å². The zero-order valence-corrected chi connectivity index (χ0v) is 11.9. The Bertz CT molecular complexity index is 519. The SMILES string of the molecule is CCNC(=O)CNCC(=O)Nc1ccc2c(c1)OCCO2. The lowest BCUT2D eigenvalue weighted by Gasteiger charge is -2.19. The maximum atomic E-state index is 11.7. The van der Waals surface area contributed by atoms with Crippen molar-refractivity contribution < 1.29 is 19.1 Å². The van der Waals surface area contributed by atoms with Gasteiger partial charge in [0, 0.05) is 18.3 Å². The van der Waals surface area contributed by atoms with E-state index in [1.807, 2.05) is 6.92 Å². The molecule has 1 heterocycles. The minimum Gasteiger partial charge on any atom is -0.486 e. The molecule has 114 valence electrons. The molecule has 1 aliphatic heterocycles. The molecule has 0 aliphatic carbocycles. The molecule has 1 aliphatic rings. The molecule has 0 saturated carbocycles. The molecule has 0 aromatic heterocycles. The Morgan fingerprint density at radius 1 is 1.10 bits per heavy atom. The number of anilines is 1. The number of amides is 2. The van der Waals surface area contributed by atoms with Gasteiger partial charge in [0.05, 0.1) is 13.1 Å². The van der Waals surface area contributed by atoms with Crippen molar-refractivity contribution in [2.24, 2.45) is 0 Å². The van der Waals surface area contributed by atoms with E-state index in [4.69, 9.17) is 9.47 Å². The molecule has 1 aromatic carbocycles. The van der Waals surface area contributed by atoms with Gasteiger partial charge in [-0.2, -0.15) is 0 Å². The number of likely N-dealkylation sites (N-methyl/N-ethyl adjacent to an activating group) is 1.